The molecule has 0 aromatic rings. The number of hydrogen-bond acceptors (Lipinski definition) is 2. The van der Waals surface area contributed by atoms with Crippen molar-refractivity contribution >= 4 is 7.12 Å². The maximum Gasteiger partial charge on any atom is 0.457 e. The molecule has 0 aliphatic carbocycles. The van der Waals surface area contributed by atoms with Gasteiger partial charge < -0.3 is 9.31 Å². The van der Waals surface area contributed by atoms with E-state index < -0.39 is 0 Å². The Hall–Kier alpha value is -0.0151. The number of rotatable bonds is 5. The lowest BCUT2D eigenvalue weighted by atomic mass is 9.78. The Morgan fingerprint density at radius 1 is 1.40 bits per heavy atom. The lowest BCUT2D eigenvalue weighted by molar-refractivity contribution is 0.0723. The van der Waals surface area contributed by atoms with Crippen molar-refractivity contribution in [2.45, 2.75) is 59.9 Å². The van der Waals surface area contributed by atoms with Crippen LogP contribution in [0.25, 0.3) is 0 Å². The van der Waals surface area contributed by atoms with E-state index in [1.165, 1.54) is 6.42 Å². The van der Waals surface area contributed by atoms with E-state index in [1.54, 1.807) is 0 Å². The Morgan fingerprint density at radius 2 is 2.07 bits per heavy atom. The molecule has 0 N–H and O–H groups in total. The maximum atomic E-state index is 5.95. The van der Waals surface area contributed by atoms with Crippen LogP contribution in [0.1, 0.15) is 47.5 Å². The second kappa shape index (κ2) is 5.35. The molecule has 1 unspecified atom stereocenters. The summed E-state index contributed by atoms with van der Waals surface area (Å²) in [5, 5.41) is 0. The molecule has 0 bridgehead atoms. The Balaban J connectivity index is 2.44. The van der Waals surface area contributed by atoms with E-state index in [1.807, 2.05) is 0 Å². The predicted molar refractivity (Wildman–Crippen MR) is 64.9 cm³/mol. The summed E-state index contributed by atoms with van der Waals surface area (Å²) in [4.78, 5) is 0. The first-order valence-electron chi connectivity index (χ1n) is 6.22. The highest BCUT2D eigenvalue weighted by Gasteiger charge is 2.39. The van der Waals surface area contributed by atoms with Gasteiger partial charge >= 0.3 is 7.12 Å². The van der Waals surface area contributed by atoms with Crippen molar-refractivity contribution < 1.29 is 9.31 Å². The fourth-order valence-corrected chi connectivity index (χ4v) is 2.44. The molecule has 0 aromatic heterocycles. The average molecular weight is 212 g/mol. The highest BCUT2D eigenvalue weighted by atomic mass is 16.6. The second-order valence-corrected chi connectivity index (χ2v) is 5.76. The van der Waals surface area contributed by atoms with Crippen molar-refractivity contribution in [1.82, 2.24) is 0 Å². The smallest absolute Gasteiger partial charge is 0.408 e. The van der Waals surface area contributed by atoms with Crippen molar-refractivity contribution in [3.8, 4) is 0 Å². The van der Waals surface area contributed by atoms with Crippen LogP contribution in [0.3, 0.4) is 0 Å². The minimum atomic E-state index is 0.0476. The minimum Gasteiger partial charge on any atom is -0.408 e. The molecule has 3 heteroatoms. The van der Waals surface area contributed by atoms with Gasteiger partial charge in [-0.2, -0.15) is 0 Å². The van der Waals surface area contributed by atoms with Gasteiger partial charge in [0.25, 0.3) is 0 Å². The van der Waals surface area contributed by atoms with Gasteiger partial charge in [-0.25, -0.2) is 0 Å². The van der Waals surface area contributed by atoms with Gasteiger partial charge in [0.1, 0.15) is 0 Å². The fraction of sp³-hybridized carbons (Fsp3) is 1.00. The van der Waals surface area contributed by atoms with Gasteiger partial charge in [0, 0.05) is 0 Å². The Bertz CT molecular complexity index is 192. The molecular weight excluding hydrogens is 187 g/mol. The normalized spacial score (nSPS) is 22.8. The molecule has 0 aromatic carbocycles. The zero-order valence-corrected chi connectivity index (χ0v) is 10.9. The quantitative estimate of drug-likeness (QED) is 0.650. The van der Waals surface area contributed by atoms with Crippen LogP contribution in [0.5, 0.6) is 0 Å². The summed E-state index contributed by atoms with van der Waals surface area (Å²) in [6.45, 7) is 12.0. The molecule has 1 aliphatic rings. The molecule has 0 spiro atoms. The van der Waals surface area contributed by atoms with E-state index in [9.17, 15) is 0 Å². The lowest BCUT2D eigenvalue weighted by Gasteiger charge is -2.32. The zero-order valence-electron chi connectivity index (χ0n) is 10.9. The monoisotopic (exact) mass is 212 g/mol. The summed E-state index contributed by atoms with van der Waals surface area (Å²) in [5.74, 6) is 0.717. The third kappa shape index (κ3) is 3.80. The molecule has 0 saturated carbocycles. The molecule has 15 heavy (non-hydrogen) atoms. The maximum absolute atomic E-state index is 5.95. The molecule has 1 heterocycles. The summed E-state index contributed by atoms with van der Waals surface area (Å²) in [7, 11) is 0.0476. The van der Waals surface area contributed by atoms with E-state index in [2.05, 4.69) is 34.6 Å². The van der Waals surface area contributed by atoms with E-state index in [0.29, 0.717) is 5.92 Å². The van der Waals surface area contributed by atoms with Crippen molar-refractivity contribution in [1.29, 1.82) is 0 Å². The molecule has 0 amide bonds. The summed E-state index contributed by atoms with van der Waals surface area (Å²) >= 11 is 0. The van der Waals surface area contributed by atoms with Crippen LogP contribution >= 0.6 is 0 Å². The van der Waals surface area contributed by atoms with Gasteiger partial charge in [-0.3, -0.25) is 0 Å². The molecule has 1 rings (SSSR count). The molecular formula is C12H25BO2. The van der Waals surface area contributed by atoms with E-state index in [0.717, 1.165) is 19.3 Å². The van der Waals surface area contributed by atoms with Crippen LogP contribution in [0.2, 0.25) is 6.32 Å². The highest BCUT2D eigenvalue weighted by Crippen LogP contribution is 2.34. The first-order chi connectivity index (χ1) is 6.95. The van der Waals surface area contributed by atoms with Crippen molar-refractivity contribution in [2.75, 3.05) is 6.61 Å². The van der Waals surface area contributed by atoms with Gasteiger partial charge in [-0.05, 0) is 24.1 Å². The van der Waals surface area contributed by atoms with Crippen LogP contribution in [0.4, 0.5) is 0 Å². The molecule has 88 valence electrons. The third-order valence-electron chi connectivity index (χ3n) is 3.08. The molecule has 1 fully saturated rings. The molecule has 1 atom stereocenters. The standard InChI is InChI=1S/C12H25BO2/c1-6-7-13-14-9-11(15-13)12(4,5)8-10(2)3/h10-11H,6-9H2,1-5H3. The fourth-order valence-electron chi connectivity index (χ4n) is 2.44. The molecule has 1 saturated heterocycles. The minimum absolute atomic E-state index is 0.0476. The molecule has 1 aliphatic heterocycles. The first kappa shape index (κ1) is 13.1. The topological polar surface area (TPSA) is 18.5 Å². The zero-order chi connectivity index (χ0) is 11.5. The summed E-state index contributed by atoms with van der Waals surface area (Å²) in [6.07, 6.45) is 3.62. The van der Waals surface area contributed by atoms with Crippen molar-refractivity contribution in [2.24, 2.45) is 11.3 Å². The van der Waals surface area contributed by atoms with Crippen LogP contribution in [-0.4, -0.2) is 19.8 Å². The Labute approximate surface area is 94.9 Å². The SMILES string of the molecule is CCCB1OCC(C(C)(C)CC(C)C)O1. The lowest BCUT2D eigenvalue weighted by Crippen LogP contribution is -2.33. The van der Waals surface area contributed by atoms with Crippen molar-refractivity contribution in [3.63, 3.8) is 0 Å². The van der Waals surface area contributed by atoms with Crippen LogP contribution < -0.4 is 0 Å². The van der Waals surface area contributed by atoms with E-state index >= 15 is 0 Å². The number of hydrogen-bond donors (Lipinski definition) is 0. The summed E-state index contributed by atoms with van der Waals surface area (Å²) in [6, 6.07) is 0. The predicted octanol–water partition coefficient (Wildman–Crippen LogP) is 3.37. The van der Waals surface area contributed by atoms with Gasteiger partial charge in [-0.1, -0.05) is 41.0 Å². The van der Waals surface area contributed by atoms with E-state index in [4.69, 9.17) is 9.31 Å². The van der Waals surface area contributed by atoms with Crippen LogP contribution in [0, 0.1) is 11.3 Å². The molecule has 2 nitrogen and oxygen atoms in total. The summed E-state index contributed by atoms with van der Waals surface area (Å²) < 4.78 is 11.6. The van der Waals surface area contributed by atoms with Gasteiger partial charge in [-0.15, -0.1) is 0 Å². The van der Waals surface area contributed by atoms with Crippen LogP contribution in [-0.2, 0) is 9.31 Å². The largest absolute Gasteiger partial charge is 0.457 e. The van der Waals surface area contributed by atoms with Gasteiger partial charge in [0.2, 0.25) is 0 Å². The Morgan fingerprint density at radius 3 is 2.60 bits per heavy atom. The van der Waals surface area contributed by atoms with Crippen LogP contribution in [0.15, 0.2) is 0 Å². The highest BCUT2D eigenvalue weighted by molar-refractivity contribution is 6.45. The average Bonchev–Trinajstić information content (AvgIpc) is 2.51. The van der Waals surface area contributed by atoms with Gasteiger partial charge in [0.15, 0.2) is 0 Å². The van der Waals surface area contributed by atoms with E-state index in [-0.39, 0.29) is 18.6 Å². The third-order valence-corrected chi connectivity index (χ3v) is 3.08. The first-order valence-corrected chi connectivity index (χ1v) is 6.22. The molecule has 0 radical (unpaired) electrons. The summed E-state index contributed by atoms with van der Waals surface area (Å²) in [5.41, 5.74) is 0.233. The second-order valence-electron chi connectivity index (χ2n) is 5.76. The van der Waals surface area contributed by atoms with Gasteiger partial charge in [0.05, 0.1) is 12.7 Å². The van der Waals surface area contributed by atoms with Crippen molar-refractivity contribution in [3.05, 3.63) is 0 Å². The Kier molecular flexibility index (Phi) is 4.66.